The van der Waals surface area contributed by atoms with Crippen molar-refractivity contribution in [3.05, 3.63) is 36.5 Å². The Kier molecular flexibility index (Phi) is 3.19. The molecule has 0 amide bonds. The highest BCUT2D eigenvalue weighted by Crippen LogP contribution is 2.23. The van der Waals surface area contributed by atoms with Gasteiger partial charge in [-0.3, -0.25) is 9.38 Å². The Morgan fingerprint density at radius 1 is 1.14 bits per heavy atom. The normalized spacial score (nSPS) is 15.4. The lowest BCUT2D eigenvalue weighted by Gasteiger charge is -2.28. The van der Waals surface area contributed by atoms with Crippen molar-refractivity contribution < 1.29 is 0 Å². The molecule has 4 rings (SSSR count). The Hall–Kier alpha value is -2.54. The number of fused-ring (bicyclic) bond motifs is 1. The lowest BCUT2D eigenvalue weighted by atomic mass is 10.3. The molecular weight excluding hydrogens is 278 g/mol. The van der Waals surface area contributed by atoms with Gasteiger partial charge in [-0.05, 0) is 13.0 Å². The Morgan fingerprint density at radius 3 is 2.86 bits per heavy atom. The molecule has 0 aliphatic carbocycles. The molecule has 0 radical (unpaired) electrons. The molecule has 1 aliphatic rings. The van der Waals surface area contributed by atoms with E-state index < -0.39 is 0 Å². The van der Waals surface area contributed by atoms with Crippen LogP contribution in [0.4, 0.5) is 5.82 Å². The van der Waals surface area contributed by atoms with Crippen molar-refractivity contribution in [3.8, 4) is 11.5 Å². The molecular formula is C15H17N7. The summed E-state index contributed by atoms with van der Waals surface area (Å²) in [6.45, 7) is 5.88. The molecule has 1 N–H and O–H groups in total. The zero-order chi connectivity index (χ0) is 14.9. The fraction of sp³-hybridized carbons (Fsp3) is 0.333. The summed E-state index contributed by atoms with van der Waals surface area (Å²) in [4.78, 5) is 20.1. The second-order valence-electron chi connectivity index (χ2n) is 5.33. The quantitative estimate of drug-likeness (QED) is 0.757. The van der Waals surface area contributed by atoms with Crippen molar-refractivity contribution in [3.63, 3.8) is 0 Å². The highest BCUT2D eigenvalue weighted by atomic mass is 15.2. The molecule has 0 bridgehead atoms. The largest absolute Gasteiger partial charge is 0.354 e. The van der Waals surface area contributed by atoms with Crippen LogP contribution in [0.2, 0.25) is 0 Å². The first-order valence-corrected chi connectivity index (χ1v) is 7.41. The molecule has 3 aromatic rings. The maximum Gasteiger partial charge on any atom is 0.180 e. The van der Waals surface area contributed by atoms with Crippen molar-refractivity contribution >= 4 is 11.5 Å². The van der Waals surface area contributed by atoms with E-state index >= 15 is 0 Å². The van der Waals surface area contributed by atoms with Gasteiger partial charge in [0.25, 0.3) is 0 Å². The van der Waals surface area contributed by atoms with Crippen LogP contribution in [-0.4, -0.2) is 50.5 Å². The molecule has 3 aromatic heterocycles. The summed E-state index contributed by atoms with van der Waals surface area (Å²) in [6, 6.07) is 1.97. The van der Waals surface area contributed by atoms with Crippen LogP contribution in [0, 0.1) is 6.92 Å². The van der Waals surface area contributed by atoms with Crippen LogP contribution in [0.15, 0.2) is 30.9 Å². The summed E-state index contributed by atoms with van der Waals surface area (Å²) in [5, 5.41) is 3.35. The number of nitrogens with zero attached hydrogens (tertiary/aromatic N) is 6. The average molecular weight is 295 g/mol. The Morgan fingerprint density at radius 2 is 2.00 bits per heavy atom. The second-order valence-corrected chi connectivity index (χ2v) is 5.33. The van der Waals surface area contributed by atoms with E-state index in [1.807, 2.05) is 29.8 Å². The molecule has 7 heteroatoms. The third-order valence-electron chi connectivity index (χ3n) is 3.90. The molecule has 1 saturated heterocycles. The van der Waals surface area contributed by atoms with Crippen molar-refractivity contribution in [1.82, 2.24) is 29.7 Å². The smallest absolute Gasteiger partial charge is 0.180 e. The molecule has 0 spiro atoms. The van der Waals surface area contributed by atoms with Crippen molar-refractivity contribution in [1.29, 1.82) is 0 Å². The summed E-state index contributed by atoms with van der Waals surface area (Å²) in [7, 11) is 0. The predicted molar refractivity (Wildman–Crippen MR) is 83.8 cm³/mol. The van der Waals surface area contributed by atoms with Gasteiger partial charge in [-0.25, -0.2) is 15.0 Å². The van der Waals surface area contributed by atoms with Crippen LogP contribution in [0.3, 0.4) is 0 Å². The van der Waals surface area contributed by atoms with Crippen LogP contribution in [0.1, 0.15) is 5.69 Å². The van der Waals surface area contributed by atoms with Crippen molar-refractivity contribution in [2.45, 2.75) is 6.92 Å². The molecule has 112 valence electrons. The summed E-state index contributed by atoms with van der Waals surface area (Å²) < 4.78 is 1.99. The van der Waals surface area contributed by atoms with Crippen LogP contribution in [-0.2, 0) is 0 Å². The van der Waals surface area contributed by atoms with E-state index in [1.54, 1.807) is 12.4 Å². The zero-order valence-electron chi connectivity index (χ0n) is 12.4. The second kappa shape index (κ2) is 5.34. The molecule has 4 heterocycles. The fourth-order valence-corrected chi connectivity index (χ4v) is 2.83. The average Bonchev–Trinajstić information content (AvgIpc) is 2.91. The van der Waals surface area contributed by atoms with Crippen molar-refractivity contribution in [2.24, 2.45) is 0 Å². The van der Waals surface area contributed by atoms with E-state index in [4.69, 9.17) is 4.98 Å². The number of hydrogen-bond acceptors (Lipinski definition) is 6. The van der Waals surface area contributed by atoms with E-state index in [2.05, 4.69) is 25.2 Å². The maximum atomic E-state index is 4.76. The van der Waals surface area contributed by atoms with Gasteiger partial charge < -0.3 is 10.2 Å². The number of imidazole rings is 1. The van der Waals surface area contributed by atoms with Gasteiger partial charge in [0.15, 0.2) is 11.5 Å². The number of nitrogens with one attached hydrogen (secondary N) is 1. The SMILES string of the molecule is Cc1nc2cnccn2c1-c1nccc(N2CCNCC2)n1. The zero-order valence-corrected chi connectivity index (χ0v) is 12.4. The number of piperazine rings is 1. The Labute approximate surface area is 128 Å². The van der Waals surface area contributed by atoms with E-state index in [0.29, 0.717) is 5.82 Å². The third-order valence-corrected chi connectivity index (χ3v) is 3.90. The minimum atomic E-state index is 0.701. The van der Waals surface area contributed by atoms with Crippen LogP contribution in [0.25, 0.3) is 17.2 Å². The van der Waals surface area contributed by atoms with Gasteiger partial charge >= 0.3 is 0 Å². The molecule has 0 unspecified atom stereocenters. The lowest BCUT2D eigenvalue weighted by Crippen LogP contribution is -2.43. The van der Waals surface area contributed by atoms with Gasteiger partial charge in [0.05, 0.1) is 11.9 Å². The predicted octanol–water partition coefficient (Wildman–Crippen LogP) is 0.904. The summed E-state index contributed by atoms with van der Waals surface area (Å²) >= 11 is 0. The lowest BCUT2D eigenvalue weighted by molar-refractivity contribution is 0.584. The Balaban J connectivity index is 1.80. The Bertz CT molecular complexity index is 805. The van der Waals surface area contributed by atoms with Gasteiger partial charge in [-0.1, -0.05) is 0 Å². The highest BCUT2D eigenvalue weighted by Gasteiger charge is 2.16. The monoisotopic (exact) mass is 295 g/mol. The summed E-state index contributed by atoms with van der Waals surface area (Å²) in [6.07, 6.45) is 7.21. The van der Waals surface area contributed by atoms with Crippen LogP contribution in [0.5, 0.6) is 0 Å². The van der Waals surface area contributed by atoms with Gasteiger partial charge in [-0.15, -0.1) is 0 Å². The number of rotatable bonds is 2. The third kappa shape index (κ3) is 2.19. The molecule has 7 nitrogen and oxygen atoms in total. The van der Waals surface area contributed by atoms with E-state index in [-0.39, 0.29) is 0 Å². The first kappa shape index (κ1) is 13.1. The number of aromatic nitrogens is 5. The highest BCUT2D eigenvalue weighted by molar-refractivity contribution is 5.61. The van der Waals surface area contributed by atoms with Crippen molar-refractivity contribution in [2.75, 3.05) is 31.1 Å². The number of anilines is 1. The molecule has 0 aromatic carbocycles. The standard InChI is InChI=1S/C15H17N7/c1-11-14(22-9-6-17-10-13(22)19-11)15-18-3-2-12(20-15)21-7-4-16-5-8-21/h2-3,6,9-10,16H,4-5,7-8H2,1H3. The number of hydrogen-bond donors (Lipinski definition) is 1. The van der Waals surface area contributed by atoms with Gasteiger partial charge in [0.1, 0.15) is 11.5 Å². The minimum absolute atomic E-state index is 0.701. The minimum Gasteiger partial charge on any atom is -0.354 e. The molecule has 22 heavy (non-hydrogen) atoms. The maximum absolute atomic E-state index is 4.76. The molecule has 1 fully saturated rings. The van der Waals surface area contributed by atoms with Gasteiger partial charge in [-0.2, -0.15) is 0 Å². The van der Waals surface area contributed by atoms with Crippen LogP contribution < -0.4 is 10.2 Å². The molecule has 1 aliphatic heterocycles. The fourth-order valence-electron chi connectivity index (χ4n) is 2.83. The molecule has 0 atom stereocenters. The van der Waals surface area contributed by atoms with Crippen LogP contribution >= 0.6 is 0 Å². The van der Waals surface area contributed by atoms with Gasteiger partial charge in [0.2, 0.25) is 0 Å². The first-order valence-electron chi connectivity index (χ1n) is 7.41. The van der Waals surface area contributed by atoms with E-state index in [0.717, 1.165) is 49.0 Å². The van der Waals surface area contributed by atoms with E-state index in [9.17, 15) is 0 Å². The number of aryl methyl sites for hydroxylation is 1. The first-order chi connectivity index (χ1) is 10.8. The molecule has 0 saturated carbocycles. The summed E-state index contributed by atoms with van der Waals surface area (Å²) in [5.74, 6) is 1.67. The summed E-state index contributed by atoms with van der Waals surface area (Å²) in [5.41, 5.74) is 2.64. The van der Waals surface area contributed by atoms with E-state index in [1.165, 1.54) is 0 Å². The topological polar surface area (TPSA) is 71.2 Å². The van der Waals surface area contributed by atoms with Gasteiger partial charge in [0, 0.05) is 44.8 Å².